The number of hydrazine groups is 1. The van der Waals surface area contributed by atoms with E-state index in [1.807, 2.05) is 18.2 Å². The smallest absolute Gasteiger partial charge is 0.251 e. The normalized spacial score (nSPS) is 10.5. The molecule has 0 bridgehead atoms. The number of para-hydroxylation sites is 1. The van der Waals surface area contributed by atoms with E-state index in [0.29, 0.717) is 16.4 Å². The highest BCUT2D eigenvalue weighted by molar-refractivity contribution is 6.30. The van der Waals surface area contributed by atoms with Crippen molar-refractivity contribution in [1.82, 2.24) is 14.5 Å². The molecule has 110 valence electrons. The quantitative estimate of drug-likeness (QED) is 0.593. The molecule has 7 heteroatoms. The lowest BCUT2D eigenvalue weighted by Gasteiger charge is -2.16. The second-order valence-electron chi connectivity index (χ2n) is 4.49. The Morgan fingerprint density at radius 2 is 1.73 bits per heavy atom. The topological polar surface area (TPSA) is 77.0 Å². The molecule has 0 atom stereocenters. The molecular formula is C15H12ClN5O. The average molecular weight is 314 g/mol. The van der Waals surface area contributed by atoms with Gasteiger partial charge in [0.15, 0.2) is 0 Å². The van der Waals surface area contributed by atoms with Crippen LogP contribution < -0.4 is 16.5 Å². The molecular weight excluding hydrogens is 302 g/mol. The van der Waals surface area contributed by atoms with Gasteiger partial charge in [-0.2, -0.15) is 4.98 Å². The van der Waals surface area contributed by atoms with Crippen molar-refractivity contribution >= 4 is 23.2 Å². The highest BCUT2D eigenvalue weighted by Gasteiger charge is 2.10. The van der Waals surface area contributed by atoms with Crippen molar-refractivity contribution in [3.63, 3.8) is 0 Å². The Balaban J connectivity index is 1.96. The summed E-state index contributed by atoms with van der Waals surface area (Å²) in [5.74, 6) is 6.06. The zero-order valence-electron chi connectivity index (χ0n) is 11.4. The fraction of sp³-hybridized carbons (Fsp3) is 0. The summed E-state index contributed by atoms with van der Waals surface area (Å²) in [5.41, 5.74) is 0.842. The van der Waals surface area contributed by atoms with E-state index in [2.05, 4.69) is 9.97 Å². The number of aromatic nitrogens is 3. The highest BCUT2D eigenvalue weighted by Crippen LogP contribution is 2.16. The number of rotatable bonds is 3. The molecule has 6 nitrogen and oxygen atoms in total. The first-order chi connectivity index (χ1) is 10.6. The van der Waals surface area contributed by atoms with E-state index in [9.17, 15) is 4.79 Å². The molecule has 0 amide bonds. The summed E-state index contributed by atoms with van der Waals surface area (Å²) in [6.07, 6.45) is 1.39. The van der Waals surface area contributed by atoms with Crippen molar-refractivity contribution in [3.05, 3.63) is 76.4 Å². The molecule has 0 aliphatic heterocycles. The van der Waals surface area contributed by atoms with E-state index >= 15 is 0 Å². The largest absolute Gasteiger partial charge is 0.356 e. The minimum atomic E-state index is -0.473. The summed E-state index contributed by atoms with van der Waals surface area (Å²) in [4.78, 5) is 20.2. The monoisotopic (exact) mass is 313 g/mol. The summed E-state index contributed by atoms with van der Waals surface area (Å²) in [6.45, 7) is 0. The predicted octanol–water partition coefficient (Wildman–Crippen LogP) is 2.29. The fourth-order valence-electron chi connectivity index (χ4n) is 1.93. The van der Waals surface area contributed by atoms with Crippen LogP contribution in [0.25, 0.3) is 5.69 Å². The SMILES string of the molecule is NN(c1ccccc1)c1ncn(-c2ccc(Cl)cc2)c(=O)n1. The maximum Gasteiger partial charge on any atom is 0.356 e. The molecule has 2 aromatic carbocycles. The van der Waals surface area contributed by atoms with E-state index in [-0.39, 0.29) is 5.95 Å². The third kappa shape index (κ3) is 2.83. The molecule has 0 unspecified atom stereocenters. The van der Waals surface area contributed by atoms with Crippen molar-refractivity contribution in [3.8, 4) is 5.69 Å². The molecule has 3 rings (SSSR count). The number of anilines is 2. The fourth-order valence-corrected chi connectivity index (χ4v) is 2.05. The third-order valence-corrected chi connectivity index (χ3v) is 3.30. The van der Waals surface area contributed by atoms with Gasteiger partial charge >= 0.3 is 5.69 Å². The van der Waals surface area contributed by atoms with Gasteiger partial charge in [0.05, 0.1) is 11.4 Å². The second-order valence-corrected chi connectivity index (χ2v) is 4.93. The summed E-state index contributed by atoms with van der Waals surface area (Å²) >= 11 is 5.83. The van der Waals surface area contributed by atoms with Crippen molar-refractivity contribution in [2.24, 2.45) is 5.84 Å². The van der Waals surface area contributed by atoms with Gasteiger partial charge < -0.3 is 0 Å². The molecule has 0 saturated carbocycles. The van der Waals surface area contributed by atoms with Crippen LogP contribution >= 0.6 is 11.6 Å². The van der Waals surface area contributed by atoms with E-state index in [1.165, 1.54) is 15.9 Å². The van der Waals surface area contributed by atoms with Gasteiger partial charge in [-0.1, -0.05) is 29.8 Å². The van der Waals surface area contributed by atoms with Gasteiger partial charge in [0.2, 0.25) is 0 Å². The van der Waals surface area contributed by atoms with Gasteiger partial charge in [0.25, 0.3) is 5.95 Å². The molecule has 1 heterocycles. The Morgan fingerprint density at radius 1 is 1.05 bits per heavy atom. The number of benzene rings is 2. The van der Waals surface area contributed by atoms with Crippen LogP contribution in [-0.2, 0) is 0 Å². The van der Waals surface area contributed by atoms with Gasteiger partial charge in [-0.3, -0.25) is 4.57 Å². The molecule has 1 aromatic heterocycles. The Hall–Kier alpha value is -2.70. The minimum Gasteiger partial charge on any atom is -0.251 e. The lowest BCUT2D eigenvalue weighted by Crippen LogP contribution is -2.31. The molecule has 2 N–H and O–H groups in total. The number of nitrogens with zero attached hydrogens (tertiary/aromatic N) is 4. The van der Waals surface area contributed by atoms with E-state index in [1.54, 1.807) is 36.4 Å². The first-order valence-corrected chi connectivity index (χ1v) is 6.84. The number of hydrogen-bond acceptors (Lipinski definition) is 5. The van der Waals surface area contributed by atoms with E-state index < -0.39 is 5.69 Å². The van der Waals surface area contributed by atoms with E-state index in [4.69, 9.17) is 17.4 Å². The molecule has 0 aliphatic rings. The molecule has 0 radical (unpaired) electrons. The first kappa shape index (κ1) is 14.2. The lowest BCUT2D eigenvalue weighted by molar-refractivity contribution is 0.833. The lowest BCUT2D eigenvalue weighted by atomic mass is 10.3. The molecule has 3 aromatic rings. The number of nitrogens with two attached hydrogens (primary N) is 1. The van der Waals surface area contributed by atoms with Crippen LogP contribution in [0.3, 0.4) is 0 Å². The van der Waals surface area contributed by atoms with Gasteiger partial charge in [-0.05, 0) is 36.4 Å². The van der Waals surface area contributed by atoms with Crippen LogP contribution in [-0.4, -0.2) is 14.5 Å². The van der Waals surface area contributed by atoms with Crippen LogP contribution in [0.5, 0.6) is 0 Å². The summed E-state index contributed by atoms with van der Waals surface area (Å²) in [6, 6.07) is 16.0. The van der Waals surface area contributed by atoms with Gasteiger partial charge in [0, 0.05) is 5.02 Å². The number of halogens is 1. The van der Waals surface area contributed by atoms with Gasteiger partial charge in [-0.25, -0.2) is 20.6 Å². The molecule has 0 spiro atoms. The van der Waals surface area contributed by atoms with Crippen molar-refractivity contribution in [2.45, 2.75) is 0 Å². The van der Waals surface area contributed by atoms with Crippen LogP contribution in [0.1, 0.15) is 0 Å². The average Bonchev–Trinajstić information content (AvgIpc) is 2.56. The highest BCUT2D eigenvalue weighted by atomic mass is 35.5. The van der Waals surface area contributed by atoms with Crippen molar-refractivity contribution in [2.75, 3.05) is 5.01 Å². The standard InChI is InChI=1S/C15H12ClN5O/c16-11-6-8-12(9-7-11)20-10-18-14(19-15(20)22)21(17)13-4-2-1-3-5-13/h1-10H,17H2. The van der Waals surface area contributed by atoms with Gasteiger partial charge in [0.1, 0.15) is 6.33 Å². The zero-order chi connectivity index (χ0) is 15.5. The van der Waals surface area contributed by atoms with E-state index in [0.717, 1.165) is 0 Å². The zero-order valence-corrected chi connectivity index (χ0v) is 12.2. The molecule has 22 heavy (non-hydrogen) atoms. The maximum atomic E-state index is 12.2. The van der Waals surface area contributed by atoms with Crippen LogP contribution in [0.2, 0.25) is 5.02 Å². The van der Waals surface area contributed by atoms with Crippen LogP contribution in [0, 0.1) is 0 Å². The Labute approximate surface area is 131 Å². The summed E-state index contributed by atoms with van der Waals surface area (Å²) in [7, 11) is 0. The predicted molar refractivity (Wildman–Crippen MR) is 85.4 cm³/mol. The molecule has 0 saturated heterocycles. The Morgan fingerprint density at radius 3 is 2.36 bits per heavy atom. The maximum absolute atomic E-state index is 12.2. The second kappa shape index (κ2) is 5.97. The summed E-state index contributed by atoms with van der Waals surface area (Å²) in [5, 5.41) is 1.85. The minimum absolute atomic E-state index is 0.126. The number of hydrogen-bond donors (Lipinski definition) is 1. The van der Waals surface area contributed by atoms with Crippen molar-refractivity contribution in [1.29, 1.82) is 0 Å². The van der Waals surface area contributed by atoms with Crippen molar-refractivity contribution < 1.29 is 0 Å². The van der Waals surface area contributed by atoms with Gasteiger partial charge in [-0.15, -0.1) is 0 Å². The summed E-state index contributed by atoms with van der Waals surface area (Å²) < 4.78 is 1.32. The molecule has 0 aliphatic carbocycles. The van der Waals surface area contributed by atoms with Crippen LogP contribution in [0.4, 0.5) is 11.6 Å². The van der Waals surface area contributed by atoms with Crippen LogP contribution in [0.15, 0.2) is 65.7 Å². The first-order valence-electron chi connectivity index (χ1n) is 6.47. The molecule has 0 fully saturated rings. The Kier molecular flexibility index (Phi) is 3.86. The Bertz CT molecular complexity index is 833. The third-order valence-electron chi connectivity index (χ3n) is 3.05.